The Kier molecular flexibility index (Phi) is 6.49. The summed E-state index contributed by atoms with van der Waals surface area (Å²) in [5.41, 5.74) is 3.18. The number of benzene rings is 2. The zero-order chi connectivity index (χ0) is 20.8. The average Bonchev–Trinajstić information content (AvgIpc) is 2.74. The molecule has 1 heterocycles. The van der Waals surface area contributed by atoms with Gasteiger partial charge >= 0.3 is 12.0 Å². The van der Waals surface area contributed by atoms with Gasteiger partial charge < -0.3 is 20.2 Å². The van der Waals surface area contributed by atoms with Gasteiger partial charge in [-0.1, -0.05) is 36.4 Å². The molecule has 1 aliphatic heterocycles. The second-order valence-electron chi connectivity index (χ2n) is 7.13. The van der Waals surface area contributed by atoms with Gasteiger partial charge in [-0.3, -0.25) is 4.79 Å². The van der Waals surface area contributed by atoms with Gasteiger partial charge in [-0.15, -0.1) is 0 Å². The van der Waals surface area contributed by atoms with Crippen molar-refractivity contribution < 1.29 is 19.5 Å². The number of carbonyl (C=O) groups is 3. The molecule has 0 spiro atoms. The predicted octanol–water partition coefficient (Wildman–Crippen LogP) is 2.29. The molecule has 3 rings (SSSR count). The summed E-state index contributed by atoms with van der Waals surface area (Å²) in [4.78, 5) is 39.3. The summed E-state index contributed by atoms with van der Waals surface area (Å²) in [5.74, 6) is -0.895. The quantitative estimate of drug-likeness (QED) is 0.813. The van der Waals surface area contributed by atoms with Crippen molar-refractivity contribution in [1.29, 1.82) is 0 Å². The molecule has 0 bridgehead atoms. The summed E-state index contributed by atoms with van der Waals surface area (Å²) < 4.78 is 0. The molecular formula is C22H25N3O4. The van der Waals surface area contributed by atoms with Gasteiger partial charge in [0.15, 0.2) is 0 Å². The molecule has 7 nitrogen and oxygen atoms in total. The number of hydrogen-bond acceptors (Lipinski definition) is 3. The van der Waals surface area contributed by atoms with E-state index in [1.807, 2.05) is 31.2 Å². The first-order chi connectivity index (χ1) is 13.9. The minimum Gasteiger partial charge on any atom is -0.478 e. The minimum atomic E-state index is -0.976. The largest absolute Gasteiger partial charge is 0.478 e. The summed E-state index contributed by atoms with van der Waals surface area (Å²) in [7, 11) is 0. The summed E-state index contributed by atoms with van der Waals surface area (Å²) >= 11 is 0. The van der Waals surface area contributed by atoms with Gasteiger partial charge in [-0.25, -0.2) is 9.59 Å². The van der Waals surface area contributed by atoms with E-state index >= 15 is 0 Å². The number of carboxylic acid groups (broad SMARTS) is 1. The molecule has 1 fully saturated rings. The van der Waals surface area contributed by atoms with Crippen LogP contribution in [0.5, 0.6) is 0 Å². The smallest absolute Gasteiger partial charge is 0.335 e. The van der Waals surface area contributed by atoms with Crippen LogP contribution in [0, 0.1) is 6.92 Å². The van der Waals surface area contributed by atoms with Crippen molar-refractivity contribution in [3.63, 3.8) is 0 Å². The molecule has 0 atom stereocenters. The maximum atomic E-state index is 12.5. The molecule has 3 amide bonds. The molecule has 152 valence electrons. The van der Waals surface area contributed by atoms with Crippen LogP contribution in [0.3, 0.4) is 0 Å². The highest BCUT2D eigenvalue weighted by atomic mass is 16.4. The Balaban J connectivity index is 1.45. The van der Waals surface area contributed by atoms with Crippen LogP contribution in [0.2, 0.25) is 0 Å². The van der Waals surface area contributed by atoms with E-state index in [2.05, 4.69) is 5.32 Å². The van der Waals surface area contributed by atoms with Crippen LogP contribution in [0.15, 0.2) is 48.5 Å². The number of carbonyl (C=O) groups excluding carboxylic acids is 2. The maximum absolute atomic E-state index is 12.5. The van der Waals surface area contributed by atoms with E-state index in [1.165, 1.54) is 12.1 Å². The lowest BCUT2D eigenvalue weighted by Gasteiger charge is -2.35. The number of hydrogen-bond donors (Lipinski definition) is 2. The topological polar surface area (TPSA) is 90.0 Å². The molecule has 1 saturated heterocycles. The van der Waals surface area contributed by atoms with Gasteiger partial charge in [0.25, 0.3) is 0 Å². The van der Waals surface area contributed by atoms with Crippen LogP contribution < -0.4 is 5.32 Å². The molecule has 2 aromatic rings. The van der Waals surface area contributed by atoms with Crippen LogP contribution in [0.1, 0.15) is 27.0 Å². The summed E-state index contributed by atoms with van der Waals surface area (Å²) in [6.07, 6.45) is 0.380. The van der Waals surface area contributed by atoms with Crippen molar-refractivity contribution >= 4 is 17.9 Å². The van der Waals surface area contributed by atoms with E-state index in [0.29, 0.717) is 39.1 Å². The first-order valence-electron chi connectivity index (χ1n) is 9.61. The number of urea groups is 1. The van der Waals surface area contributed by atoms with Crippen molar-refractivity contribution in [2.45, 2.75) is 19.9 Å². The average molecular weight is 395 g/mol. The predicted molar refractivity (Wildman–Crippen MR) is 109 cm³/mol. The van der Waals surface area contributed by atoms with Gasteiger partial charge in [-0.05, 0) is 35.7 Å². The lowest BCUT2D eigenvalue weighted by atomic mass is 10.1. The highest BCUT2D eigenvalue weighted by Gasteiger charge is 2.24. The zero-order valence-electron chi connectivity index (χ0n) is 16.4. The Labute approximate surface area is 169 Å². The third-order valence-corrected chi connectivity index (χ3v) is 5.17. The normalized spacial score (nSPS) is 13.8. The van der Waals surface area contributed by atoms with Gasteiger partial charge in [0.1, 0.15) is 0 Å². The van der Waals surface area contributed by atoms with E-state index in [0.717, 1.165) is 16.7 Å². The maximum Gasteiger partial charge on any atom is 0.335 e. The summed E-state index contributed by atoms with van der Waals surface area (Å²) in [5, 5.41) is 11.8. The van der Waals surface area contributed by atoms with Gasteiger partial charge in [-0.2, -0.15) is 0 Å². The van der Waals surface area contributed by atoms with E-state index in [4.69, 9.17) is 5.11 Å². The lowest BCUT2D eigenvalue weighted by molar-refractivity contribution is -0.131. The standard InChI is InChI=1S/C22H25N3O4/c1-16-4-2-3-5-19(16)14-20(26)24-10-12-25(13-11-24)22(29)23-15-17-6-8-18(9-7-17)21(27)28/h2-9H,10-15H2,1H3,(H,23,29)(H,27,28). The van der Waals surface area contributed by atoms with Gasteiger partial charge in [0, 0.05) is 32.7 Å². The van der Waals surface area contributed by atoms with Crippen molar-refractivity contribution in [3.8, 4) is 0 Å². The second-order valence-corrected chi connectivity index (χ2v) is 7.13. The Hall–Kier alpha value is -3.35. The highest BCUT2D eigenvalue weighted by molar-refractivity contribution is 5.87. The van der Waals surface area contributed by atoms with E-state index in [-0.39, 0.29) is 17.5 Å². The number of nitrogens with zero attached hydrogens (tertiary/aromatic N) is 2. The molecular weight excluding hydrogens is 370 g/mol. The number of piperazine rings is 1. The van der Waals surface area contributed by atoms with Crippen LogP contribution in [0.25, 0.3) is 0 Å². The number of nitrogens with one attached hydrogen (secondary N) is 1. The number of amides is 3. The van der Waals surface area contributed by atoms with E-state index in [9.17, 15) is 14.4 Å². The van der Waals surface area contributed by atoms with E-state index < -0.39 is 5.97 Å². The highest BCUT2D eigenvalue weighted by Crippen LogP contribution is 2.11. The molecule has 0 aromatic heterocycles. The first kappa shape index (κ1) is 20.4. The fourth-order valence-electron chi connectivity index (χ4n) is 3.30. The molecule has 2 N–H and O–H groups in total. The van der Waals surface area contributed by atoms with Crippen molar-refractivity contribution in [3.05, 3.63) is 70.8 Å². The second kappa shape index (κ2) is 9.23. The fraction of sp³-hybridized carbons (Fsp3) is 0.318. The number of aromatic carboxylic acids is 1. The molecule has 0 unspecified atom stereocenters. The molecule has 0 saturated carbocycles. The molecule has 29 heavy (non-hydrogen) atoms. The molecule has 7 heteroatoms. The minimum absolute atomic E-state index is 0.0814. The monoisotopic (exact) mass is 395 g/mol. The van der Waals surface area contributed by atoms with Crippen molar-refractivity contribution in [1.82, 2.24) is 15.1 Å². The van der Waals surface area contributed by atoms with Crippen molar-refractivity contribution in [2.75, 3.05) is 26.2 Å². The molecule has 1 aliphatic rings. The third kappa shape index (κ3) is 5.34. The third-order valence-electron chi connectivity index (χ3n) is 5.17. The summed E-state index contributed by atoms with van der Waals surface area (Å²) in [6.45, 7) is 4.34. The number of aryl methyl sites for hydroxylation is 1. The molecule has 0 radical (unpaired) electrons. The Bertz CT molecular complexity index is 887. The summed E-state index contributed by atoms with van der Waals surface area (Å²) in [6, 6.07) is 14.1. The zero-order valence-corrected chi connectivity index (χ0v) is 16.4. The Morgan fingerprint density at radius 3 is 2.17 bits per heavy atom. The molecule has 0 aliphatic carbocycles. The molecule has 2 aromatic carbocycles. The number of carboxylic acids is 1. The van der Waals surface area contributed by atoms with E-state index in [1.54, 1.807) is 21.9 Å². The Morgan fingerprint density at radius 2 is 1.55 bits per heavy atom. The van der Waals surface area contributed by atoms with Crippen molar-refractivity contribution in [2.24, 2.45) is 0 Å². The fourth-order valence-corrected chi connectivity index (χ4v) is 3.30. The van der Waals surface area contributed by atoms with Crippen LogP contribution >= 0.6 is 0 Å². The van der Waals surface area contributed by atoms with Gasteiger partial charge in [0.2, 0.25) is 5.91 Å². The van der Waals surface area contributed by atoms with Crippen LogP contribution in [-0.4, -0.2) is 59.0 Å². The number of rotatable bonds is 5. The SMILES string of the molecule is Cc1ccccc1CC(=O)N1CCN(C(=O)NCc2ccc(C(=O)O)cc2)CC1. The van der Waals surface area contributed by atoms with Gasteiger partial charge in [0.05, 0.1) is 12.0 Å². The van der Waals surface area contributed by atoms with Crippen LogP contribution in [-0.2, 0) is 17.8 Å². The first-order valence-corrected chi connectivity index (χ1v) is 9.61. The Morgan fingerprint density at radius 1 is 0.931 bits per heavy atom. The lowest BCUT2D eigenvalue weighted by Crippen LogP contribution is -2.53. The van der Waals surface area contributed by atoms with Crippen LogP contribution in [0.4, 0.5) is 4.79 Å².